The molecule has 1 aliphatic heterocycles. The molecule has 2 aromatic rings. The highest BCUT2D eigenvalue weighted by Gasteiger charge is 2.32. The Morgan fingerprint density at radius 1 is 1.17 bits per heavy atom. The Balaban J connectivity index is 1.79. The van der Waals surface area contributed by atoms with Crippen LogP contribution in [0.3, 0.4) is 0 Å². The van der Waals surface area contributed by atoms with Gasteiger partial charge in [-0.2, -0.15) is 0 Å². The first-order valence-corrected chi connectivity index (χ1v) is 8.14. The van der Waals surface area contributed by atoms with Crippen molar-refractivity contribution in [1.82, 2.24) is 4.98 Å². The number of aromatic nitrogens is 1. The number of hydrogen-bond donors (Lipinski definition) is 1. The Labute approximate surface area is 140 Å². The zero-order valence-corrected chi connectivity index (χ0v) is 13.7. The molecule has 1 N–H and O–H groups in total. The molecule has 1 atom stereocenters. The first-order chi connectivity index (χ1) is 11.5. The molecule has 0 radical (unpaired) electrons. The van der Waals surface area contributed by atoms with Gasteiger partial charge in [-0.15, -0.1) is 0 Å². The van der Waals surface area contributed by atoms with Crippen LogP contribution in [0, 0.1) is 17.0 Å². The summed E-state index contributed by atoms with van der Waals surface area (Å²) in [6, 6.07) is 13.0. The zero-order chi connectivity index (χ0) is 17.2. The first-order valence-electron chi connectivity index (χ1n) is 8.14. The van der Waals surface area contributed by atoms with E-state index in [1.54, 1.807) is 13.0 Å². The van der Waals surface area contributed by atoms with E-state index in [1.807, 2.05) is 30.3 Å². The third-order valence-corrected chi connectivity index (χ3v) is 4.69. The molecule has 1 aliphatic rings. The molecule has 0 unspecified atom stereocenters. The maximum Gasteiger partial charge on any atom is 0.290 e. The number of hydrogen-bond acceptors (Lipinski definition) is 5. The number of pyridine rings is 1. The Morgan fingerprint density at radius 3 is 2.58 bits per heavy atom. The van der Waals surface area contributed by atoms with E-state index in [0.29, 0.717) is 25.1 Å². The maximum absolute atomic E-state index is 11.0. The van der Waals surface area contributed by atoms with Crippen molar-refractivity contribution in [1.29, 1.82) is 0 Å². The predicted octanol–water partition coefficient (Wildman–Crippen LogP) is 3.18. The summed E-state index contributed by atoms with van der Waals surface area (Å²) < 4.78 is 0. The molecule has 0 bridgehead atoms. The van der Waals surface area contributed by atoms with Gasteiger partial charge in [-0.05, 0) is 37.8 Å². The quantitative estimate of drug-likeness (QED) is 0.692. The van der Waals surface area contributed by atoms with Crippen LogP contribution in [0.2, 0.25) is 0 Å². The molecule has 0 saturated carbocycles. The lowest BCUT2D eigenvalue weighted by molar-refractivity contribution is -0.385. The third-order valence-electron chi connectivity index (χ3n) is 4.69. The van der Waals surface area contributed by atoms with E-state index in [4.69, 9.17) is 0 Å². The number of aliphatic hydroxyl groups is 1. The zero-order valence-electron chi connectivity index (χ0n) is 13.7. The fourth-order valence-corrected chi connectivity index (χ4v) is 3.29. The molecule has 1 aromatic heterocycles. The van der Waals surface area contributed by atoms with Crippen molar-refractivity contribution in [3.63, 3.8) is 0 Å². The third kappa shape index (κ3) is 3.23. The van der Waals surface area contributed by atoms with E-state index in [0.717, 1.165) is 24.3 Å². The van der Waals surface area contributed by atoms with E-state index in [1.165, 1.54) is 6.07 Å². The Bertz CT molecular complexity index is 736. The molecule has 1 saturated heterocycles. The minimum Gasteiger partial charge on any atom is -0.385 e. The van der Waals surface area contributed by atoms with E-state index in [2.05, 4.69) is 9.88 Å². The number of nitro groups is 1. The van der Waals surface area contributed by atoms with Crippen LogP contribution in [0.4, 0.5) is 11.5 Å². The van der Waals surface area contributed by atoms with Crippen molar-refractivity contribution >= 4 is 11.5 Å². The topological polar surface area (TPSA) is 79.5 Å². The van der Waals surface area contributed by atoms with Gasteiger partial charge in [-0.25, -0.2) is 4.98 Å². The van der Waals surface area contributed by atoms with Gasteiger partial charge in [0.05, 0.1) is 10.5 Å². The van der Waals surface area contributed by atoms with Crippen LogP contribution in [0.5, 0.6) is 0 Å². The molecule has 0 aliphatic carbocycles. The van der Waals surface area contributed by atoms with Gasteiger partial charge in [0.25, 0.3) is 5.69 Å². The fourth-order valence-electron chi connectivity index (χ4n) is 3.29. The fraction of sp³-hybridized carbons (Fsp3) is 0.389. The summed E-state index contributed by atoms with van der Waals surface area (Å²) in [5, 5.41) is 21.9. The van der Waals surface area contributed by atoms with Gasteiger partial charge in [0.15, 0.2) is 0 Å². The van der Waals surface area contributed by atoms with Crippen LogP contribution in [-0.2, 0) is 5.60 Å². The lowest BCUT2D eigenvalue weighted by atomic mass is 9.87. The van der Waals surface area contributed by atoms with Crippen LogP contribution in [0.25, 0.3) is 0 Å². The molecule has 6 nitrogen and oxygen atoms in total. The number of rotatable bonds is 3. The Morgan fingerprint density at radius 2 is 1.92 bits per heavy atom. The molecule has 1 fully saturated rings. The van der Waals surface area contributed by atoms with E-state index in [-0.39, 0.29) is 5.69 Å². The lowest BCUT2D eigenvalue weighted by Crippen LogP contribution is -2.29. The maximum atomic E-state index is 11.0. The van der Waals surface area contributed by atoms with Crippen LogP contribution >= 0.6 is 0 Å². The van der Waals surface area contributed by atoms with Crippen LogP contribution in [0.1, 0.15) is 30.5 Å². The van der Waals surface area contributed by atoms with E-state index >= 15 is 0 Å². The van der Waals surface area contributed by atoms with Crippen molar-refractivity contribution in [3.8, 4) is 0 Å². The molecule has 0 spiro atoms. The molecular formula is C18H21N3O3. The number of nitrogens with zero attached hydrogens (tertiary/aromatic N) is 3. The van der Waals surface area contributed by atoms with Gasteiger partial charge in [-0.3, -0.25) is 10.1 Å². The molecule has 0 amide bonds. The summed E-state index contributed by atoms with van der Waals surface area (Å²) >= 11 is 0. The smallest absolute Gasteiger partial charge is 0.290 e. The van der Waals surface area contributed by atoms with Gasteiger partial charge < -0.3 is 10.0 Å². The molecular weight excluding hydrogens is 306 g/mol. The highest BCUT2D eigenvalue weighted by atomic mass is 16.6. The van der Waals surface area contributed by atoms with Gasteiger partial charge in [0.1, 0.15) is 11.5 Å². The molecule has 6 heteroatoms. The summed E-state index contributed by atoms with van der Waals surface area (Å²) in [4.78, 5) is 17.0. The largest absolute Gasteiger partial charge is 0.385 e. The minimum absolute atomic E-state index is 0.0364. The number of benzene rings is 1. The predicted molar refractivity (Wildman–Crippen MR) is 92.0 cm³/mol. The van der Waals surface area contributed by atoms with E-state index in [9.17, 15) is 15.2 Å². The van der Waals surface area contributed by atoms with E-state index < -0.39 is 10.5 Å². The highest BCUT2D eigenvalue weighted by molar-refractivity contribution is 5.47. The van der Waals surface area contributed by atoms with Crippen molar-refractivity contribution in [2.24, 2.45) is 0 Å². The van der Waals surface area contributed by atoms with Crippen molar-refractivity contribution < 1.29 is 10.0 Å². The van der Waals surface area contributed by atoms with Gasteiger partial charge in [0, 0.05) is 19.2 Å². The Hall–Kier alpha value is -2.47. The monoisotopic (exact) mass is 327 g/mol. The molecule has 126 valence electrons. The van der Waals surface area contributed by atoms with Crippen molar-refractivity contribution in [3.05, 3.63) is 63.8 Å². The SMILES string of the molecule is Cc1nc(N2CCC[C@](O)(c3ccccc3)CC2)ccc1[N+](=O)[O-]. The minimum atomic E-state index is -0.828. The van der Waals surface area contributed by atoms with Crippen molar-refractivity contribution in [2.75, 3.05) is 18.0 Å². The summed E-state index contributed by atoms with van der Waals surface area (Å²) in [5.74, 6) is 0.732. The molecule has 3 rings (SSSR count). The number of anilines is 1. The standard InChI is InChI=1S/C18H21N3O3/c1-14-16(21(23)24)8-9-17(19-14)20-12-5-10-18(22,11-13-20)15-6-3-2-4-7-15/h2-4,6-9,22H,5,10-13H2,1H3/t18-/m1/s1. The normalized spacial score (nSPS) is 21.3. The average Bonchev–Trinajstić information content (AvgIpc) is 2.78. The van der Waals surface area contributed by atoms with Gasteiger partial charge >= 0.3 is 0 Å². The average molecular weight is 327 g/mol. The molecule has 1 aromatic carbocycles. The summed E-state index contributed by atoms with van der Waals surface area (Å²) in [5.41, 5.74) is 0.570. The molecule has 2 heterocycles. The molecule has 24 heavy (non-hydrogen) atoms. The highest BCUT2D eigenvalue weighted by Crippen LogP contribution is 2.34. The van der Waals surface area contributed by atoms with Crippen LogP contribution in [-0.4, -0.2) is 28.1 Å². The summed E-state index contributed by atoms with van der Waals surface area (Å²) in [6.07, 6.45) is 2.14. The summed E-state index contributed by atoms with van der Waals surface area (Å²) in [7, 11) is 0. The van der Waals surface area contributed by atoms with Gasteiger partial charge in [-0.1, -0.05) is 30.3 Å². The second-order valence-electron chi connectivity index (χ2n) is 6.27. The summed E-state index contributed by atoms with van der Waals surface area (Å²) in [6.45, 7) is 3.09. The van der Waals surface area contributed by atoms with Crippen molar-refractivity contribution in [2.45, 2.75) is 31.8 Å². The second kappa shape index (κ2) is 6.57. The van der Waals surface area contributed by atoms with Crippen LogP contribution in [0.15, 0.2) is 42.5 Å². The lowest BCUT2D eigenvalue weighted by Gasteiger charge is -2.27. The number of aryl methyl sites for hydroxylation is 1. The second-order valence-corrected chi connectivity index (χ2v) is 6.27. The first kappa shape index (κ1) is 16.4. The Kier molecular flexibility index (Phi) is 4.49. The van der Waals surface area contributed by atoms with Gasteiger partial charge in [0.2, 0.25) is 0 Å². The van der Waals surface area contributed by atoms with Crippen LogP contribution < -0.4 is 4.90 Å².